The molecule has 0 bridgehead atoms. The molecule has 0 aromatic heterocycles. The Labute approximate surface area is 141 Å². The van der Waals surface area contributed by atoms with Crippen LogP contribution in [-0.2, 0) is 0 Å². The lowest BCUT2D eigenvalue weighted by Crippen LogP contribution is -3.23. The Balaban J connectivity index is 0.00000110. The maximum Gasteiger partial charge on any atom is 0.146 e. The fourth-order valence-electron chi connectivity index (χ4n) is 4.85. The fourth-order valence-corrected chi connectivity index (χ4v) is 4.85. The molecule has 1 saturated heterocycles. The molecule has 1 aliphatic carbocycles. The van der Waals surface area contributed by atoms with Crippen molar-refractivity contribution in [1.29, 1.82) is 0 Å². The zero-order valence-corrected chi connectivity index (χ0v) is 14.6. The highest BCUT2D eigenvalue weighted by atomic mass is 35.5. The molecule has 2 nitrogen and oxygen atoms in total. The first-order valence-electron chi connectivity index (χ1n) is 7.85. The second-order valence-electron chi connectivity index (χ2n) is 7.07. The first-order chi connectivity index (χ1) is 9.12. The summed E-state index contributed by atoms with van der Waals surface area (Å²) in [5.74, 6) is 0.633. The predicted molar refractivity (Wildman–Crippen MR) is 78.0 cm³/mol. The number of quaternary nitrogens is 2. The topological polar surface area (TPSA) is 32.1 Å². The van der Waals surface area contributed by atoms with Gasteiger partial charge in [0.15, 0.2) is 0 Å². The highest BCUT2D eigenvalue weighted by Gasteiger charge is 2.63. The Morgan fingerprint density at radius 3 is 2.10 bits per heavy atom. The van der Waals surface area contributed by atoms with E-state index in [2.05, 4.69) is 49.9 Å². The number of hydrogen-bond donors (Lipinski definition) is 2. The molecule has 3 rings (SSSR count). The maximum absolute atomic E-state index is 4.53. The third-order valence-electron chi connectivity index (χ3n) is 5.55. The molecule has 1 saturated carbocycles. The minimum atomic E-state index is 0. The molecule has 0 spiro atoms. The van der Waals surface area contributed by atoms with Gasteiger partial charge in [0, 0.05) is 5.41 Å². The Kier molecular flexibility index (Phi) is 6.54. The normalized spacial score (nSPS) is 31.5. The van der Waals surface area contributed by atoms with E-state index in [0.717, 1.165) is 6.04 Å². The Bertz CT molecular complexity index is 430. The van der Waals surface area contributed by atoms with Crippen LogP contribution in [0, 0.1) is 5.41 Å². The van der Waals surface area contributed by atoms with Crippen molar-refractivity contribution < 1.29 is 35.4 Å². The molecule has 1 aromatic carbocycles. The third kappa shape index (κ3) is 3.24. The van der Waals surface area contributed by atoms with Crippen molar-refractivity contribution in [3.8, 4) is 0 Å². The number of rotatable bonds is 2. The van der Waals surface area contributed by atoms with E-state index in [1.807, 2.05) is 4.90 Å². The van der Waals surface area contributed by atoms with Crippen LogP contribution < -0.4 is 35.4 Å². The predicted octanol–water partition coefficient (Wildman–Crippen LogP) is -5.13. The van der Waals surface area contributed by atoms with Crippen molar-refractivity contribution >= 4 is 0 Å². The Morgan fingerprint density at radius 1 is 1.00 bits per heavy atom. The summed E-state index contributed by atoms with van der Waals surface area (Å²) in [7, 11) is 0. The standard InChI is InChI=1S/C17H26N2.2ClH/c1-17(2)14(13-9-5-3-6-10-13)15(18)16(17)19-11-7-4-8-12-19;;/h3,5-6,9-10,14-16H,4,7-8,11-12,18H2,1-2H3;2*1H. The zero-order valence-electron chi connectivity index (χ0n) is 13.1. The van der Waals surface area contributed by atoms with Crippen LogP contribution >= 0.6 is 0 Å². The van der Waals surface area contributed by atoms with E-state index in [-0.39, 0.29) is 24.8 Å². The van der Waals surface area contributed by atoms with Gasteiger partial charge in [-0.2, -0.15) is 0 Å². The van der Waals surface area contributed by atoms with Crippen LogP contribution in [0.1, 0.15) is 44.6 Å². The van der Waals surface area contributed by atoms with Gasteiger partial charge < -0.3 is 35.4 Å². The number of hydrogen-bond acceptors (Lipinski definition) is 0. The highest BCUT2D eigenvalue weighted by Crippen LogP contribution is 2.49. The van der Waals surface area contributed by atoms with Gasteiger partial charge in [-0.3, -0.25) is 0 Å². The summed E-state index contributed by atoms with van der Waals surface area (Å²) in [6.45, 7) is 7.64. The summed E-state index contributed by atoms with van der Waals surface area (Å²) < 4.78 is 0. The molecule has 1 aromatic rings. The van der Waals surface area contributed by atoms with Gasteiger partial charge in [-0.25, -0.2) is 0 Å². The Hall–Kier alpha value is -0.280. The van der Waals surface area contributed by atoms with Gasteiger partial charge in [-0.15, -0.1) is 0 Å². The number of piperidine rings is 1. The van der Waals surface area contributed by atoms with Crippen LogP contribution in [0.5, 0.6) is 0 Å². The third-order valence-corrected chi connectivity index (χ3v) is 5.55. The van der Waals surface area contributed by atoms with Gasteiger partial charge in [0.05, 0.1) is 19.0 Å². The zero-order chi connectivity index (χ0) is 13.5. The van der Waals surface area contributed by atoms with Gasteiger partial charge >= 0.3 is 0 Å². The van der Waals surface area contributed by atoms with E-state index in [9.17, 15) is 0 Å². The molecule has 0 amide bonds. The minimum Gasteiger partial charge on any atom is -1.00 e. The van der Waals surface area contributed by atoms with Gasteiger partial charge in [0.25, 0.3) is 0 Å². The van der Waals surface area contributed by atoms with Crippen LogP contribution in [0.2, 0.25) is 0 Å². The summed E-state index contributed by atoms with van der Waals surface area (Å²) in [6, 6.07) is 12.3. The summed E-state index contributed by atoms with van der Waals surface area (Å²) >= 11 is 0. The van der Waals surface area contributed by atoms with Crippen LogP contribution in [0.4, 0.5) is 0 Å². The molecule has 3 unspecified atom stereocenters. The van der Waals surface area contributed by atoms with Crippen LogP contribution in [0.3, 0.4) is 0 Å². The number of nitrogens with one attached hydrogen (secondary N) is 1. The van der Waals surface area contributed by atoms with Gasteiger partial charge in [0.2, 0.25) is 0 Å². The lowest BCUT2D eigenvalue weighted by atomic mass is 9.52. The molecule has 2 aliphatic rings. The van der Waals surface area contributed by atoms with Gasteiger partial charge in [-0.1, -0.05) is 44.2 Å². The first kappa shape index (κ1) is 18.8. The van der Waals surface area contributed by atoms with E-state index >= 15 is 0 Å². The van der Waals surface area contributed by atoms with Gasteiger partial charge in [0.1, 0.15) is 12.1 Å². The second kappa shape index (κ2) is 7.32. The maximum atomic E-state index is 4.53. The largest absolute Gasteiger partial charge is 1.00 e. The first-order valence-corrected chi connectivity index (χ1v) is 7.85. The van der Waals surface area contributed by atoms with Crippen molar-refractivity contribution in [3.05, 3.63) is 35.9 Å². The lowest BCUT2D eigenvalue weighted by Gasteiger charge is -2.56. The van der Waals surface area contributed by atoms with Gasteiger partial charge in [-0.05, 0) is 24.8 Å². The molecule has 4 heteroatoms. The SMILES string of the molecule is CC1(C)C(c2ccccc2)C([NH3+])C1[NH+]1CCCCC1.[Cl-].[Cl-]. The van der Waals surface area contributed by atoms with Crippen LogP contribution in [0.25, 0.3) is 0 Å². The molecular formula is C17H28Cl2N2. The molecule has 1 heterocycles. The van der Waals surface area contributed by atoms with E-state index in [4.69, 9.17) is 0 Å². The molecule has 2 fully saturated rings. The smallest absolute Gasteiger partial charge is 0.146 e. The second-order valence-corrected chi connectivity index (χ2v) is 7.07. The summed E-state index contributed by atoms with van der Waals surface area (Å²) in [4.78, 5) is 1.82. The highest BCUT2D eigenvalue weighted by molar-refractivity contribution is 5.29. The molecule has 0 radical (unpaired) electrons. The molecule has 3 atom stereocenters. The summed E-state index contributed by atoms with van der Waals surface area (Å²) in [6.07, 6.45) is 4.25. The number of halogens is 2. The van der Waals surface area contributed by atoms with Crippen LogP contribution in [-0.4, -0.2) is 25.2 Å². The van der Waals surface area contributed by atoms with Crippen LogP contribution in [0.15, 0.2) is 30.3 Å². The molecule has 1 aliphatic heterocycles. The van der Waals surface area contributed by atoms with Crippen molar-refractivity contribution in [2.75, 3.05) is 13.1 Å². The minimum absolute atomic E-state index is 0. The average molecular weight is 331 g/mol. The molecule has 120 valence electrons. The lowest BCUT2D eigenvalue weighted by molar-refractivity contribution is -0.958. The van der Waals surface area contributed by atoms with Crippen molar-refractivity contribution in [1.82, 2.24) is 0 Å². The van der Waals surface area contributed by atoms with E-state index in [0.29, 0.717) is 17.4 Å². The van der Waals surface area contributed by atoms with Crippen molar-refractivity contribution in [2.45, 2.75) is 51.1 Å². The van der Waals surface area contributed by atoms with E-state index in [1.165, 1.54) is 37.9 Å². The van der Waals surface area contributed by atoms with Crippen molar-refractivity contribution in [2.24, 2.45) is 5.41 Å². The van der Waals surface area contributed by atoms with E-state index in [1.54, 1.807) is 0 Å². The summed E-state index contributed by atoms with van der Waals surface area (Å²) in [5.41, 5.74) is 6.41. The molecular weight excluding hydrogens is 303 g/mol. The fraction of sp³-hybridized carbons (Fsp3) is 0.647. The average Bonchev–Trinajstić information content (AvgIpc) is 2.40. The molecule has 4 N–H and O–H groups in total. The van der Waals surface area contributed by atoms with Crippen molar-refractivity contribution in [3.63, 3.8) is 0 Å². The molecule has 21 heavy (non-hydrogen) atoms. The summed E-state index contributed by atoms with van der Waals surface area (Å²) in [5, 5.41) is 0. The number of likely N-dealkylation sites (tertiary alicyclic amines) is 1. The quantitative estimate of drug-likeness (QED) is 0.544. The van der Waals surface area contributed by atoms with E-state index < -0.39 is 0 Å². The number of benzene rings is 1. The Morgan fingerprint density at radius 2 is 1.57 bits per heavy atom. The monoisotopic (exact) mass is 330 g/mol.